The molecule has 32 heavy (non-hydrogen) atoms. The normalized spacial score (nSPS) is 10.6. The van der Waals surface area contributed by atoms with Gasteiger partial charge in [-0.2, -0.15) is 5.26 Å². The van der Waals surface area contributed by atoms with Crippen molar-refractivity contribution >= 4 is 40.0 Å². The van der Waals surface area contributed by atoms with E-state index < -0.39 is 0 Å². The van der Waals surface area contributed by atoms with Gasteiger partial charge in [-0.3, -0.25) is 4.79 Å². The van der Waals surface area contributed by atoms with Gasteiger partial charge in [-0.1, -0.05) is 29.3 Å². The average Bonchev–Trinajstić information content (AvgIpc) is 3.22. The van der Waals surface area contributed by atoms with Crippen LogP contribution in [0.3, 0.4) is 0 Å². The summed E-state index contributed by atoms with van der Waals surface area (Å²) in [5.41, 5.74) is 2.43. The van der Waals surface area contributed by atoms with E-state index in [1.807, 2.05) is 24.3 Å². The Balaban J connectivity index is 1.48. The smallest absolute Gasteiger partial charge is 0.267 e. The third-order valence-corrected chi connectivity index (χ3v) is 5.28. The summed E-state index contributed by atoms with van der Waals surface area (Å²) in [5, 5.41) is 13.7. The molecule has 0 aliphatic carbocycles. The number of fused-ring (bicyclic) bond motifs is 1. The van der Waals surface area contributed by atoms with E-state index in [9.17, 15) is 4.79 Å². The van der Waals surface area contributed by atoms with Crippen LogP contribution in [0.4, 0.5) is 0 Å². The summed E-state index contributed by atoms with van der Waals surface area (Å²) < 4.78 is 11.0. The maximum Gasteiger partial charge on any atom is 0.267 e. The van der Waals surface area contributed by atoms with Crippen LogP contribution in [0.15, 0.2) is 60.7 Å². The number of H-pyrrole nitrogens is 1. The zero-order valence-electron chi connectivity index (χ0n) is 16.9. The van der Waals surface area contributed by atoms with Crippen LogP contribution in [0.1, 0.15) is 21.6 Å². The summed E-state index contributed by atoms with van der Waals surface area (Å²) in [4.78, 5) is 15.7. The topological polar surface area (TPSA) is 87.1 Å². The number of nitrogens with one attached hydrogen (secondary N) is 2. The van der Waals surface area contributed by atoms with Crippen molar-refractivity contribution < 1.29 is 14.3 Å². The molecule has 1 heterocycles. The summed E-state index contributed by atoms with van der Waals surface area (Å²) in [6, 6.07) is 19.3. The molecule has 0 fully saturated rings. The molecule has 0 saturated heterocycles. The molecule has 0 spiro atoms. The molecule has 160 valence electrons. The number of halogens is 2. The van der Waals surface area contributed by atoms with Crippen molar-refractivity contribution in [3.63, 3.8) is 0 Å². The number of hydrogen-bond acceptors (Lipinski definition) is 4. The lowest BCUT2D eigenvalue weighted by molar-refractivity contribution is 0.0946. The minimum Gasteiger partial charge on any atom is -0.497 e. The Labute approximate surface area is 194 Å². The Hall–Kier alpha value is -3.66. The van der Waals surface area contributed by atoms with E-state index in [1.165, 1.54) is 0 Å². The number of benzene rings is 3. The first-order valence-corrected chi connectivity index (χ1v) is 10.3. The number of carbonyl (C=O) groups is 1. The van der Waals surface area contributed by atoms with Gasteiger partial charge in [0.25, 0.3) is 5.91 Å². The second-order valence-electron chi connectivity index (χ2n) is 6.97. The summed E-state index contributed by atoms with van der Waals surface area (Å²) in [7, 11) is 1.59. The molecule has 0 aliphatic heterocycles. The van der Waals surface area contributed by atoms with Crippen molar-refractivity contribution in [2.75, 3.05) is 7.11 Å². The molecule has 0 radical (unpaired) electrons. The van der Waals surface area contributed by atoms with E-state index in [0.717, 1.165) is 16.5 Å². The number of carbonyl (C=O) groups excluding carboxylic acids is 1. The highest BCUT2D eigenvalue weighted by Crippen LogP contribution is 2.32. The third-order valence-electron chi connectivity index (χ3n) is 4.75. The molecule has 8 heteroatoms. The Morgan fingerprint density at radius 1 is 1.06 bits per heavy atom. The van der Waals surface area contributed by atoms with Crippen LogP contribution in [0.2, 0.25) is 10.0 Å². The van der Waals surface area contributed by atoms with Crippen LogP contribution in [0.5, 0.6) is 17.2 Å². The first-order chi connectivity index (χ1) is 15.4. The number of hydrogen-bond donors (Lipinski definition) is 2. The first kappa shape index (κ1) is 21.6. The van der Waals surface area contributed by atoms with Crippen molar-refractivity contribution in [2.24, 2.45) is 0 Å². The lowest BCUT2D eigenvalue weighted by atomic mass is 10.2. The summed E-state index contributed by atoms with van der Waals surface area (Å²) >= 11 is 12.3. The largest absolute Gasteiger partial charge is 0.497 e. The van der Waals surface area contributed by atoms with Gasteiger partial charge < -0.3 is 19.8 Å². The van der Waals surface area contributed by atoms with Crippen LogP contribution >= 0.6 is 23.2 Å². The molecule has 1 aromatic heterocycles. The van der Waals surface area contributed by atoms with Gasteiger partial charge in [0.1, 0.15) is 22.9 Å². The van der Waals surface area contributed by atoms with Gasteiger partial charge >= 0.3 is 0 Å². The van der Waals surface area contributed by atoms with Crippen molar-refractivity contribution in [1.82, 2.24) is 10.3 Å². The molecule has 0 bridgehead atoms. The summed E-state index contributed by atoms with van der Waals surface area (Å²) in [6.07, 6.45) is 0. The number of amides is 1. The molecule has 0 aliphatic rings. The van der Waals surface area contributed by atoms with Gasteiger partial charge in [0.05, 0.1) is 23.8 Å². The van der Waals surface area contributed by atoms with Gasteiger partial charge in [0, 0.05) is 28.5 Å². The quantitative estimate of drug-likeness (QED) is 0.361. The first-order valence-electron chi connectivity index (χ1n) is 9.57. The third kappa shape index (κ3) is 4.80. The number of ether oxygens (including phenoxy) is 2. The second-order valence-corrected chi connectivity index (χ2v) is 7.82. The molecule has 4 aromatic rings. The van der Waals surface area contributed by atoms with Crippen LogP contribution in [0.25, 0.3) is 10.9 Å². The number of nitriles is 1. The molecule has 0 unspecified atom stereocenters. The SMILES string of the molecule is COc1ccc2cc(C(=O)NCc3ccc(Cl)c(Oc4cc(Cl)cc(C#N)c4)c3)[nH]c2c1. The fourth-order valence-corrected chi connectivity index (χ4v) is 3.56. The van der Waals surface area contributed by atoms with E-state index in [2.05, 4.69) is 10.3 Å². The van der Waals surface area contributed by atoms with Crippen molar-refractivity contribution in [2.45, 2.75) is 6.54 Å². The number of aromatic amines is 1. The maximum atomic E-state index is 12.6. The van der Waals surface area contributed by atoms with E-state index in [0.29, 0.717) is 38.6 Å². The van der Waals surface area contributed by atoms with Crippen molar-refractivity contribution in [3.05, 3.63) is 87.5 Å². The Bertz CT molecular complexity index is 1360. The Morgan fingerprint density at radius 2 is 1.91 bits per heavy atom. The molecular formula is C24H17Cl2N3O3. The van der Waals surface area contributed by atoms with Gasteiger partial charge in [-0.15, -0.1) is 0 Å². The highest BCUT2D eigenvalue weighted by atomic mass is 35.5. The van der Waals surface area contributed by atoms with Crippen LogP contribution < -0.4 is 14.8 Å². The van der Waals surface area contributed by atoms with Crippen LogP contribution in [-0.2, 0) is 6.54 Å². The number of methoxy groups -OCH3 is 1. The number of nitrogens with zero attached hydrogens (tertiary/aromatic N) is 1. The maximum absolute atomic E-state index is 12.6. The zero-order chi connectivity index (χ0) is 22.7. The van der Waals surface area contributed by atoms with Crippen molar-refractivity contribution in [3.8, 4) is 23.3 Å². The highest BCUT2D eigenvalue weighted by molar-refractivity contribution is 6.32. The van der Waals surface area contributed by atoms with Crippen molar-refractivity contribution in [1.29, 1.82) is 5.26 Å². The minimum atomic E-state index is -0.244. The van der Waals surface area contributed by atoms with E-state index in [-0.39, 0.29) is 12.5 Å². The van der Waals surface area contributed by atoms with Crippen LogP contribution in [0, 0.1) is 11.3 Å². The lowest BCUT2D eigenvalue weighted by Crippen LogP contribution is -2.23. The predicted molar refractivity (Wildman–Crippen MR) is 124 cm³/mol. The Morgan fingerprint density at radius 3 is 2.69 bits per heavy atom. The molecule has 6 nitrogen and oxygen atoms in total. The molecule has 4 rings (SSSR count). The average molecular weight is 466 g/mol. The molecule has 0 atom stereocenters. The van der Waals surface area contributed by atoms with Gasteiger partial charge in [-0.05, 0) is 54.1 Å². The van der Waals surface area contributed by atoms with Gasteiger partial charge in [0.15, 0.2) is 0 Å². The Kier molecular flexibility index (Phi) is 6.22. The fraction of sp³-hybridized carbons (Fsp3) is 0.0833. The predicted octanol–water partition coefficient (Wildman–Crippen LogP) is 6.08. The van der Waals surface area contributed by atoms with E-state index in [4.69, 9.17) is 37.9 Å². The summed E-state index contributed by atoms with van der Waals surface area (Å²) in [5.74, 6) is 1.25. The molecular weight excluding hydrogens is 449 g/mol. The monoisotopic (exact) mass is 465 g/mol. The van der Waals surface area contributed by atoms with Gasteiger partial charge in [0.2, 0.25) is 0 Å². The number of aromatic nitrogens is 1. The second kappa shape index (κ2) is 9.23. The summed E-state index contributed by atoms with van der Waals surface area (Å²) in [6.45, 7) is 0.268. The molecule has 1 amide bonds. The van der Waals surface area contributed by atoms with E-state index >= 15 is 0 Å². The van der Waals surface area contributed by atoms with Crippen LogP contribution in [-0.4, -0.2) is 18.0 Å². The lowest BCUT2D eigenvalue weighted by Gasteiger charge is -2.11. The highest BCUT2D eigenvalue weighted by Gasteiger charge is 2.12. The number of rotatable bonds is 6. The molecule has 2 N–H and O–H groups in total. The fourth-order valence-electron chi connectivity index (χ4n) is 3.18. The van der Waals surface area contributed by atoms with E-state index in [1.54, 1.807) is 49.6 Å². The van der Waals surface area contributed by atoms with Gasteiger partial charge in [-0.25, -0.2) is 0 Å². The molecule has 3 aromatic carbocycles. The standard InChI is InChI=1S/C24H17Cl2N3O3/c1-31-18-4-3-16-9-22(29-21(16)11-18)24(30)28-13-14-2-5-20(26)23(8-14)32-19-7-15(12-27)6-17(25)10-19/h2-11,29H,13H2,1H3,(H,28,30). The molecule has 0 saturated carbocycles. The zero-order valence-corrected chi connectivity index (χ0v) is 18.4. The minimum absolute atomic E-state index is 0.244.